The number of carbonyl (C=O) groups excluding carboxylic acids is 2. The highest BCUT2D eigenvalue weighted by Crippen LogP contribution is 2.26. The van der Waals surface area contributed by atoms with E-state index in [0.29, 0.717) is 49.9 Å². The molecule has 0 saturated heterocycles. The van der Waals surface area contributed by atoms with Crippen molar-refractivity contribution < 1.29 is 19.1 Å². The van der Waals surface area contributed by atoms with Gasteiger partial charge in [0, 0.05) is 20.2 Å². The topological polar surface area (TPSA) is 94.5 Å². The number of para-hydroxylation sites is 2. The van der Waals surface area contributed by atoms with Crippen LogP contribution in [-0.2, 0) is 17.7 Å². The van der Waals surface area contributed by atoms with Crippen molar-refractivity contribution >= 4 is 17.5 Å². The fourth-order valence-electron chi connectivity index (χ4n) is 3.28. The highest BCUT2D eigenvalue weighted by molar-refractivity contribution is 6.05. The average molecular weight is 386 g/mol. The number of rotatable bonds is 8. The number of amides is 2. The number of fused-ring (bicyclic) bond motifs is 1. The number of hydrogen-bond donors (Lipinski definition) is 2. The molecular formula is C20H26N4O4. The van der Waals surface area contributed by atoms with E-state index in [0.717, 1.165) is 18.5 Å². The SMILES string of the molecule is CCOc1ccccc1NC(=O)c1nc(C(=O)NCCOC)n2c1CCCC2. The van der Waals surface area contributed by atoms with E-state index in [9.17, 15) is 9.59 Å². The summed E-state index contributed by atoms with van der Waals surface area (Å²) < 4.78 is 12.4. The molecule has 150 valence electrons. The number of methoxy groups -OCH3 is 1. The number of nitrogens with one attached hydrogen (secondary N) is 2. The second-order valence-electron chi connectivity index (χ2n) is 6.47. The molecule has 3 rings (SSSR count). The highest BCUT2D eigenvalue weighted by atomic mass is 16.5. The maximum absolute atomic E-state index is 12.9. The number of benzene rings is 1. The lowest BCUT2D eigenvalue weighted by Crippen LogP contribution is -2.30. The number of carbonyl (C=O) groups is 2. The summed E-state index contributed by atoms with van der Waals surface area (Å²) in [4.78, 5) is 29.9. The molecule has 8 heteroatoms. The minimum Gasteiger partial charge on any atom is -0.492 e. The molecule has 0 radical (unpaired) electrons. The summed E-state index contributed by atoms with van der Waals surface area (Å²) >= 11 is 0. The van der Waals surface area contributed by atoms with E-state index in [1.54, 1.807) is 19.2 Å². The average Bonchev–Trinajstić information content (AvgIpc) is 3.10. The van der Waals surface area contributed by atoms with Crippen molar-refractivity contribution in [2.45, 2.75) is 32.7 Å². The van der Waals surface area contributed by atoms with E-state index in [2.05, 4.69) is 15.6 Å². The van der Waals surface area contributed by atoms with Gasteiger partial charge in [0.15, 0.2) is 11.5 Å². The minimum atomic E-state index is -0.339. The molecule has 1 aromatic heterocycles. The number of imidazole rings is 1. The minimum absolute atomic E-state index is 0.272. The third-order valence-electron chi connectivity index (χ3n) is 4.56. The Kier molecular flexibility index (Phi) is 6.65. The van der Waals surface area contributed by atoms with Crippen LogP contribution in [0.15, 0.2) is 24.3 Å². The molecule has 1 aliphatic heterocycles. The van der Waals surface area contributed by atoms with Gasteiger partial charge >= 0.3 is 0 Å². The molecule has 28 heavy (non-hydrogen) atoms. The molecule has 0 unspecified atom stereocenters. The van der Waals surface area contributed by atoms with Gasteiger partial charge in [-0.3, -0.25) is 9.59 Å². The third kappa shape index (κ3) is 4.33. The summed E-state index contributed by atoms with van der Waals surface area (Å²) in [5, 5.41) is 5.65. The molecule has 2 heterocycles. The molecule has 1 aromatic carbocycles. The van der Waals surface area contributed by atoms with Crippen LogP contribution in [0.25, 0.3) is 0 Å². The lowest BCUT2D eigenvalue weighted by molar-refractivity contribution is 0.0921. The van der Waals surface area contributed by atoms with Crippen molar-refractivity contribution in [3.8, 4) is 5.75 Å². The first-order valence-corrected chi connectivity index (χ1v) is 9.55. The Labute approximate surface area is 164 Å². The number of nitrogens with zero attached hydrogens (tertiary/aromatic N) is 2. The lowest BCUT2D eigenvalue weighted by Gasteiger charge is -2.17. The summed E-state index contributed by atoms with van der Waals surface area (Å²) in [6.45, 7) is 3.87. The van der Waals surface area contributed by atoms with Gasteiger partial charge in [0.2, 0.25) is 0 Å². The van der Waals surface area contributed by atoms with Gasteiger partial charge in [0.1, 0.15) is 5.75 Å². The van der Waals surface area contributed by atoms with Crippen LogP contribution >= 0.6 is 0 Å². The van der Waals surface area contributed by atoms with Crippen molar-refractivity contribution in [2.24, 2.45) is 0 Å². The monoisotopic (exact) mass is 386 g/mol. The first-order valence-electron chi connectivity index (χ1n) is 9.55. The maximum atomic E-state index is 12.9. The van der Waals surface area contributed by atoms with E-state index < -0.39 is 0 Å². The molecule has 0 bridgehead atoms. The van der Waals surface area contributed by atoms with Gasteiger partial charge in [-0.05, 0) is 38.3 Å². The van der Waals surface area contributed by atoms with Gasteiger partial charge in [-0.25, -0.2) is 4.98 Å². The predicted molar refractivity (Wildman–Crippen MR) is 105 cm³/mol. The molecule has 2 N–H and O–H groups in total. The Balaban J connectivity index is 1.85. The number of ether oxygens (including phenoxy) is 2. The van der Waals surface area contributed by atoms with Gasteiger partial charge in [-0.15, -0.1) is 0 Å². The zero-order chi connectivity index (χ0) is 19.9. The van der Waals surface area contributed by atoms with Crippen LogP contribution in [-0.4, -0.2) is 48.2 Å². The second-order valence-corrected chi connectivity index (χ2v) is 6.47. The van der Waals surface area contributed by atoms with E-state index in [1.807, 2.05) is 23.6 Å². The van der Waals surface area contributed by atoms with Crippen LogP contribution in [0.2, 0.25) is 0 Å². The van der Waals surface area contributed by atoms with E-state index in [1.165, 1.54) is 0 Å². The molecule has 8 nitrogen and oxygen atoms in total. The van der Waals surface area contributed by atoms with Crippen molar-refractivity contribution in [2.75, 3.05) is 32.2 Å². The maximum Gasteiger partial charge on any atom is 0.287 e. The molecule has 2 amide bonds. The molecule has 0 atom stereocenters. The standard InChI is InChI=1S/C20H26N4O4/c1-3-28-16-10-5-4-8-14(16)22-19(25)17-15-9-6-7-12-24(15)18(23-17)20(26)21-11-13-27-2/h4-5,8,10H,3,6-7,9,11-13H2,1-2H3,(H,21,26)(H,22,25). The van der Waals surface area contributed by atoms with E-state index in [4.69, 9.17) is 9.47 Å². The zero-order valence-corrected chi connectivity index (χ0v) is 16.3. The van der Waals surface area contributed by atoms with Crippen LogP contribution in [0.4, 0.5) is 5.69 Å². The molecule has 0 aliphatic carbocycles. The summed E-state index contributed by atoms with van der Waals surface area (Å²) in [6, 6.07) is 7.26. The number of anilines is 1. The van der Waals surface area contributed by atoms with Crippen LogP contribution in [0, 0.1) is 0 Å². The number of hydrogen-bond acceptors (Lipinski definition) is 5. The quantitative estimate of drug-likeness (QED) is 0.679. The smallest absolute Gasteiger partial charge is 0.287 e. The molecule has 0 saturated carbocycles. The molecule has 2 aromatic rings. The van der Waals surface area contributed by atoms with Gasteiger partial charge in [0.25, 0.3) is 11.8 Å². The molecular weight excluding hydrogens is 360 g/mol. The summed E-state index contributed by atoms with van der Waals surface area (Å²) in [7, 11) is 1.58. The largest absolute Gasteiger partial charge is 0.492 e. The fraction of sp³-hybridized carbons (Fsp3) is 0.450. The van der Waals surface area contributed by atoms with Gasteiger partial charge in [-0.2, -0.15) is 0 Å². The number of aromatic nitrogens is 2. The van der Waals surface area contributed by atoms with Gasteiger partial charge in [-0.1, -0.05) is 12.1 Å². The van der Waals surface area contributed by atoms with Crippen molar-refractivity contribution in [1.82, 2.24) is 14.9 Å². The lowest BCUT2D eigenvalue weighted by atomic mass is 10.1. The first kappa shape index (κ1) is 19.9. The van der Waals surface area contributed by atoms with Gasteiger partial charge < -0.3 is 24.7 Å². The van der Waals surface area contributed by atoms with Crippen LogP contribution in [0.3, 0.4) is 0 Å². The van der Waals surface area contributed by atoms with Gasteiger partial charge in [0.05, 0.1) is 24.6 Å². The van der Waals surface area contributed by atoms with Crippen molar-refractivity contribution in [3.63, 3.8) is 0 Å². The van der Waals surface area contributed by atoms with Crippen LogP contribution in [0.5, 0.6) is 5.75 Å². The summed E-state index contributed by atoms with van der Waals surface area (Å²) in [5.41, 5.74) is 1.68. The highest BCUT2D eigenvalue weighted by Gasteiger charge is 2.27. The normalized spacial score (nSPS) is 12.9. The Bertz CT molecular complexity index is 847. The molecule has 1 aliphatic rings. The summed E-state index contributed by atoms with van der Waals surface area (Å²) in [5.74, 6) is 0.237. The van der Waals surface area contributed by atoms with E-state index >= 15 is 0 Å². The van der Waals surface area contributed by atoms with E-state index in [-0.39, 0.29) is 17.6 Å². The third-order valence-corrected chi connectivity index (χ3v) is 4.56. The van der Waals surface area contributed by atoms with Crippen LogP contribution < -0.4 is 15.4 Å². The Morgan fingerprint density at radius 3 is 2.82 bits per heavy atom. The molecule has 0 fully saturated rings. The molecule has 0 spiro atoms. The Morgan fingerprint density at radius 1 is 1.21 bits per heavy atom. The summed E-state index contributed by atoms with van der Waals surface area (Å²) in [6.07, 6.45) is 2.64. The Hall–Kier alpha value is -2.87. The fourth-order valence-corrected chi connectivity index (χ4v) is 3.28. The first-order chi connectivity index (χ1) is 13.7. The second kappa shape index (κ2) is 9.36. The van der Waals surface area contributed by atoms with Crippen molar-refractivity contribution in [3.05, 3.63) is 41.5 Å². The Morgan fingerprint density at radius 2 is 2.04 bits per heavy atom. The predicted octanol–water partition coefficient (Wildman–Crippen LogP) is 2.25. The van der Waals surface area contributed by atoms with Crippen LogP contribution in [0.1, 0.15) is 46.6 Å². The van der Waals surface area contributed by atoms with Crippen molar-refractivity contribution in [1.29, 1.82) is 0 Å². The zero-order valence-electron chi connectivity index (χ0n) is 16.3.